The summed E-state index contributed by atoms with van der Waals surface area (Å²) in [4.78, 5) is 9.06. The molecule has 1 aromatic heterocycles. The number of nitrogens with one attached hydrogen (secondary N) is 1. The van der Waals surface area contributed by atoms with E-state index in [0.29, 0.717) is 11.3 Å². The van der Waals surface area contributed by atoms with E-state index in [2.05, 4.69) is 49.9 Å². The molecule has 0 bridgehead atoms. The van der Waals surface area contributed by atoms with Gasteiger partial charge in [0.15, 0.2) is 0 Å². The topological polar surface area (TPSA) is 37.8 Å². The zero-order valence-electron chi connectivity index (χ0n) is 11.5. The molecule has 17 heavy (non-hydrogen) atoms. The second-order valence-electron chi connectivity index (χ2n) is 6.76. The maximum absolute atomic E-state index is 4.66. The minimum Gasteiger partial charge on any atom is -0.306 e. The fraction of sp³-hybridized carbons (Fsp3) is 0.714. The molecule has 1 atom stereocenters. The second kappa shape index (κ2) is 4.05. The smallest absolute Gasteiger partial charge is 0.132 e. The average Bonchev–Trinajstić information content (AvgIpc) is 2.84. The van der Waals surface area contributed by atoms with Crippen molar-refractivity contribution in [3.63, 3.8) is 0 Å². The summed E-state index contributed by atoms with van der Waals surface area (Å²) >= 11 is 0. The highest BCUT2D eigenvalue weighted by molar-refractivity contribution is 5.17. The SMILES string of the molecule is CC(C)(C)NCc1ccnc(C2CC2(C)C)n1. The lowest BCUT2D eigenvalue weighted by molar-refractivity contribution is 0.420. The van der Waals surface area contributed by atoms with Gasteiger partial charge >= 0.3 is 0 Å². The van der Waals surface area contributed by atoms with Crippen LogP contribution in [0.1, 0.15) is 58.5 Å². The van der Waals surface area contributed by atoms with E-state index in [1.165, 1.54) is 6.42 Å². The van der Waals surface area contributed by atoms with Crippen LogP contribution in [0.4, 0.5) is 0 Å². The van der Waals surface area contributed by atoms with Crippen LogP contribution in [0, 0.1) is 5.41 Å². The number of hydrogen-bond acceptors (Lipinski definition) is 3. The highest BCUT2D eigenvalue weighted by Crippen LogP contribution is 2.57. The van der Waals surface area contributed by atoms with Crippen LogP contribution in [0.15, 0.2) is 12.3 Å². The van der Waals surface area contributed by atoms with Crippen LogP contribution >= 0.6 is 0 Å². The van der Waals surface area contributed by atoms with Crippen LogP contribution < -0.4 is 5.32 Å². The molecule has 1 aliphatic rings. The largest absolute Gasteiger partial charge is 0.306 e. The van der Waals surface area contributed by atoms with Crippen molar-refractivity contribution in [1.82, 2.24) is 15.3 Å². The first-order valence-corrected chi connectivity index (χ1v) is 6.35. The molecule has 1 N–H and O–H groups in total. The van der Waals surface area contributed by atoms with E-state index in [9.17, 15) is 0 Å². The lowest BCUT2D eigenvalue weighted by Crippen LogP contribution is -2.35. The molecule has 0 radical (unpaired) electrons. The zero-order valence-corrected chi connectivity index (χ0v) is 11.5. The van der Waals surface area contributed by atoms with Crippen molar-refractivity contribution in [2.45, 2.75) is 59.0 Å². The summed E-state index contributed by atoms with van der Waals surface area (Å²) in [5.41, 5.74) is 1.62. The van der Waals surface area contributed by atoms with Crippen molar-refractivity contribution in [2.75, 3.05) is 0 Å². The molecule has 1 saturated carbocycles. The summed E-state index contributed by atoms with van der Waals surface area (Å²) in [5.74, 6) is 1.57. The normalized spacial score (nSPS) is 22.5. The Labute approximate surface area is 104 Å². The minimum absolute atomic E-state index is 0.129. The van der Waals surface area contributed by atoms with E-state index in [1.54, 1.807) is 0 Å². The highest BCUT2D eigenvalue weighted by Gasteiger charge is 2.48. The van der Waals surface area contributed by atoms with Gasteiger partial charge in [-0.3, -0.25) is 0 Å². The fourth-order valence-electron chi connectivity index (χ4n) is 1.94. The highest BCUT2D eigenvalue weighted by atomic mass is 15.0. The Kier molecular flexibility index (Phi) is 2.98. The minimum atomic E-state index is 0.129. The van der Waals surface area contributed by atoms with Gasteiger partial charge in [-0.25, -0.2) is 9.97 Å². The Morgan fingerprint density at radius 2 is 2.06 bits per heavy atom. The molecule has 1 fully saturated rings. The first-order chi connectivity index (χ1) is 7.78. The molecule has 1 unspecified atom stereocenters. The molecule has 0 aromatic carbocycles. The van der Waals surface area contributed by atoms with Crippen LogP contribution in [-0.4, -0.2) is 15.5 Å². The molecule has 3 heteroatoms. The standard InChI is InChI=1S/C14H23N3/c1-13(2,3)16-9-10-6-7-15-12(17-10)11-8-14(11,4)5/h6-7,11,16H,8-9H2,1-5H3. The molecule has 94 valence electrons. The molecular weight excluding hydrogens is 210 g/mol. The van der Waals surface area contributed by atoms with Gasteiger partial charge in [-0.2, -0.15) is 0 Å². The predicted molar refractivity (Wildman–Crippen MR) is 69.8 cm³/mol. The summed E-state index contributed by atoms with van der Waals surface area (Å²) in [6, 6.07) is 2.00. The van der Waals surface area contributed by atoms with Crippen LogP contribution in [0.3, 0.4) is 0 Å². The van der Waals surface area contributed by atoms with E-state index >= 15 is 0 Å². The number of hydrogen-bond donors (Lipinski definition) is 1. The number of aromatic nitrogens is 2. The van der Waals surface area contributed by atoms with Gasteiger partial charge in [-0.1, -0.05) is 13.8 Å². The third kappa shape index (κ3) is 3.25. The Hall–Kier alpha value is -0.960. The molecule has 2 rings (SSSR count). The molecular formula is C14H23N3. The molecule has 1 aromatic rings. The maximum Gasteiger partial charge on any atom is 0.132 e. The van der Waals surface area contributed by atoms with Crippen LogP contribution in [0.2, 0.25) is 0 Å². The van der Waals surface area contributed by atoms with Gasteiger partial charge in [0, 0.05) is 24.2 Å². The van der Waals surface area contributed by atoms with Crippen molar-refractivity contribution in [2.24, 2.45) is 5.41 Å². The predicted octanol–water partition coefficient (Wildman–Crippen LogP) is 2.88. The van der Waals surface area contributed by atoms with E-state index in [4.69, 9.17) is 0 Å². The van der Waals surface area contributed by atoms with Gasteiger partial charge in [0.1, 0.15) is 5.82 Å². The summed E-state index contributed by atoms with van der Waals surface area (Å²) in [7, 11) is 0. The fourth-order valence-corrected chi connectivity index (χ4v) is 1.94. The zero-order chi connectivity index (χ0) is 12.7. The molecule has 0 spiro atoms. The van der Waals surface area contributed by atoms with Gasteiger partial charge in [-0.05, 0) is 38.7 Å². The molecule has 1 aliphatic carbocycles. The Morgan fingerprint density at radius 3 is 2.59 bits per heavy atom. The lowest BCUT2D eigenvalue weighted by Gasteiger charge is -2.20. The van der Waals surface area contributed by atoms with Gasteiger partial charge in [0.25, 0.3) is 0 Å². The Bertz CT molecular complexity index is 404. The van der Waals surface area contributed by atoms with Gasteiger partial charge in [0.05, 0.1) is 5.69 Å². The molecule has 0 amide bonds. The Morgan fingerprint density at radius 1 is 1.41 bits per heavy atom. The van der Waals surface area contributed by atoms with Crippen molar-refractivity contribution in [3.8, 4) is 0 Å². The van der Waals surface area contributed by atoms with Gasteiger partial charge in [-0.15, -0.1) is 0 Å². The molecule has 1 heterocycles. The van der Waals surface area contributed by atoms with Crippen LogP contribution in [0.5, 0.6) is 0 Å². The molecule has 0 saturated heterocycles. The second-order valence-corrected chi connectivity index (χ2v) is 6.76. The van der Waals surface area contributed by atoms with Crippen molar-refractivity contribution >= 4 is 0 Å². The van der Waals surface area contributed by atoms with Crippen molar-refractivity contribution in [1.29, 1.82) is 0 Å². The maximum atomic E-state index is 4.66. The average molecular weight is 233 g/mol. The van der Waals surface area contributed by atoms with Crippen LogP contribution in [0.25, 0.3) is 0 Å². The molecule has 3 nitrogen and oxygen atoms in total. The summed E-state index contributed by atoms with van der Waals surface area (Å²) in [6.07, 6.45) is 3.10. The van der Waals surface area contributed by atoms with E-state index in [0.717, 1.165) is 18.1 Å². The first kappa shape index (κ1) is 12.5. The van der Waals surface area contributed by atoms with Crippen molar-refractivity contribution in [3.05, 3.63) is 23.8 Å². The Balaban J connectivity index is 2.03. The summed E-state index contributed by atoms with van der Waals surface area (Å²) < 4.78 is 0. The quantitative estimate of drug-likeness (QED) is 0.872. The van der Waals surface area contributed by atoms with Gasteiger partial charge in [0.2, 0.25) is 0 Å². The molecule has 0 aliphatic heterocycles. The van der Waals surface area contributed by atoms with Gasteiger partial charge < -0.3 is 5.32 Å². The van der Waals surface area contributed by atoms with E-state index < -0.39 is 0 Å². The van der Waals surface area contributed by atoms with E-state index in [-0.39, 0.29) is 5.54 Å². The number of nitrogens with zero attached hydrogens (tertiary/aromatic N) is 2. The summed E-state index contributed by atoms with van der Waals surface area (Å²) in [5, 5.41) is 3.46. The monoisotopic (exact) mass is 233 g/mol. The van der Waals surface area contributed by atoms with Crippen molar-refractivity contribution < 1.29 is 0 Å². The number of rotatable bonds is 3. The lowest BCUT2D eigenvalue weighted by atomic mass is 10.1. The van der Waals surface area contributed by atoms with Crippen LogP contribution in [-0.2, 0) is 6.54 Å². The third-order valence-corrected chi connectivity index (χ3v) is 3.36. The summed E-state index contributed by atoms with van der Waals surface area (Å²) in [6.45, 7) is 11.9. The van der Waals surface area contributed by atoms with E-state index in [1.807, 2.05) is 12.3 Å². The third-order valence-electron chi connectivity index (χ3n) is 3.36. The first-order valence-electron chi connectivity index (χ1n) is 6.35.